The van der Waals surface area contributed by atoms with Gasteiger partial charge in [-0.2, -0.15) is 13.2 Å². The van der Waals surface area contributed by atoms with Gasteiger partial charge in [0, 0.05) is 18.3 Å². The van der Waals surface area contributed by atoms with E-state index in [0.717, 1.165) is 12.1 Å². The Morgan fingerprint density at radius 2 is 1.79 bits per heavy atom. The zero-order chi connectivity index (χ0) is 28.3. The minimum Gasteiger partial charge on any atom is -0.406 e. The van der Waals surface area contributed by atoms with Crippen LogP contribution in [-0.4, -0.2) is 28.3 Å². The Balaban J connectivity index is 1.95. The zero-order valence-corrected chi connectivity index (χ0v) is 21.7. The third-order valence-corrected chi connectivity index (χ3v) is 6.46. The van der Waals surface area contributed by atoms with Crippen molar-refractivity contribution in [2.45, 2.75) is 64.8 Å². The lowest BCUT2D eigenvalue weighted by atomic mass is 10.0. The second-order valence-corrected chi connectivity index (χ2v) is 9.73. The lowest BCUT2D eigenvalue weighted by Gasteiger charge is -2.21. The van der Waals surface area contributed by atoms with E-state index in [1.807, 2.05) is 20.8 Å². The van der Waals surface area contributed by atoms with Crippen LogP contribution in [0.4, 0.5) is 26.3 Å². The number of ether oxygens (including phenoxy) is 1. The van der Waals surface area contributed by atoms with Crippen molar-refractivity contribution in [1.82, 2.24) is 20.6 Å². The standard InChI is InChI=1S/C25H26F6N4O2S/c1-5-18(33-13(2)3)17-10-7-11-32-19(17)23-35-21(24(26,27)28)20(38-23)22(36)34-14(4)15-8-6-9-16(12-15)37-25(29,30)31/h6-14,18,33H,5H2,1-4H3,(H,34,36). The molecule has 2 heterocycles. The van der Waals surface area contributed by atoms with Crippen LogP contribution in [0.5, 0.6) is 5.75 Å². The molecular formula is C25H26F6N4O2S. The van der Waals surface area contributed by atoms with E-state index in [2.05, 4.69) is 25.3 Å². The van der Waals surface area contributed by atoms with Crippen LogP contribution in [0.15, 0.2) is 42.6 Å². The number of nitrogens with one attached hydrogen (secondary N) is 2. The fourth-order valence-corrected chi connectivity index (χ4v) is 4.81. The van der Waals surface area contributed by atoms with E-state index in [1.54, 1.807) is 12.1 Å². The summed E-state index contributed by atoms with van der Waals surface area (Å²) in [6, 6.07) is 7.20. The SMILES string of the molecule is CCC(NC(C)C)c1cccnc1-c1nc(C(F)(F)F)c(C(=O)NC(C)c2cccc(OC(F)(F)F)c2)s1. The molecule has 0 spiro atoms. The summed E-state index contributed by atoms with van der Waals surface area (Å²) in [7, 11) is 0. The van der Waals surface area contributed by atoms with Crippen LogP contribution in [0.2, 0.25) is 0 Å². The smallest absolute Gasteiger partial charge is 0.406 e. The fraction of sp³-hybridized carbons (Fsp3) is 0.400. The highest BCUT2D eigenvalue weighted by Gasteiger charge is 2.40. The van der Waals surface area contributed by atoms with Gasteiger partial charge < -0.3 is 15.4 Å². The van der Waals surface area contributed by atoms with Crippen LogP contribution < -0.4 is 15.4 Å². The normalized spacial score (nSPS) is 13.9. The summed E-state index contributed by atoms with van der Waals surface area (Å²) in [4.78, 5) is 20.3. The Bertz CT molecular complexity index is 1260. The quantitative estimate of drug-likeness (QED) is 0.274. The molecule has 2 aromatic heterocycles. The molecule has 2 N–H and O–H groups in total. The Kier molecular flexibility index (Phi) is 9.03. The van der Waals surface area contributed by atoms with Gasteiger partial charge in [0.15, 0.2) is 5.69 Å². The number of nitrogens with zero attached hydrogens (tertiary/aromatic N) is 2. The maximum Gasteiger partial charge on any atom is 0.573 e. The van der Waals surface area contributed by atoms with Crippen LogP contribution in [0.25, 0.3) is 10.7 Å². The molecule has 3 aromatic rings. The van der Waals surface area contributed by atoms with Gasteiger partial charge in [-0.25, -0.2) is 4.98 Å². The monoisotopic (exact) mass is 560 g/mol. The molecule has 0 radical (unpaired) electrons. The summed E-state index contributed by atoms with van der Waals surface area (Å²) in [5.41, 5.74) is -0.283. The number of carbonyl (C=O) groups is 1. The summed E-state index contributed by atoms with van der Waals surface area (Å²) in [6.45, 7) is 7.24. The number of hydrogen-bond acceptors (Lipinski definition) is 6. The largest absolute Gasteiger partial charge is 0.573 e. The van der Waals surface area contributed by atoms with Crippen LogP contribution in [0, 0.1) is 0 Å². The van der Waals surface area contributed by atoms with Crippen molar-refractivity contribution in [2.75, 3.05) is 0 Å². The Hall–Kier alpha value is -3.19. The predicted octanol–water partition coefficient (Wildman–Crippen LogP) is 7.06. The maximum atomic E-state index is 13.9. The van der Waals surface area contributed by atoms with E-state index in [-0.39, 0.29) is 28.3 Å². The number of amides is 1. The number of carbonyl (C=O) groups excluding carboxylic acids is 1. The number of thiazole rings is 1. The molecule has 1 aromatic carbocycles. The Labute approximate surface area is 219 Å². The average molecular weight is 561 g/mol. The van der Waals surface area contributed by atoms with Crippen molar-refractivity contribution in [3.63, 3.8) is 0 Å². The molecule has 2 unspecified atom stereocenters. The van der Waals surface area contributed by atoms with Crippen LogP contribution >= 0.6 is 11.3 Å². The van der Waals surface area contributed by atoms with Crippen molar-refractivity contribution in [3.8, 4) is 16.5 Å². The minimum atomic E-state index is -4.93. The summed E-state index contributed by atoms with van der Waals surface area (Å²) >= 11 is 0.550. The van der Waals surface area contributed by atoms with Crippen LogP contribution in [0.3, 0.4) is 0 Å². The van der Waals surface area contributed by atoms with E-state index < -0.39 is 40.8 Å². The molecule has 206 valence electrons. The zero-order valence-electron chi connectivity index (χ0n) is 20.9. The summed E-state index contributed by atoms with van der Waals surface area (Å²) < 4.78 is 83.3. The second-order valence-electron chi connectivity index (χ2n) is 8.73. The van der Waals surface area contributed by atoms with Crippen molar-refractivity contribution in [2.24, 2.45) is 0 Å². The summed E-state index contributed by atoms with van der Waals surface area (Å²) in [5.74, 6) is -1.59. The first-order valence-electron chi connectivity index (χ1n) is 11.7. The summed E-state index contributed by atoms with van der Waals surface area (Å²) in [6.07, 6.45) is -7.78. The number of pyridine rings is 1. The highest BCUT2D eigenvalue weighted by Crippen LogP contribution is 2.39. The van der Waals surface area contributed by atoms with Crippen LogP contribution in [-0.2, 0) is 6.18 Å². The van der Waals surface area contributed by atoms with Gasteiger partial charge in [-0.05, 0) is 42.7 Å². The van der Waals surface area contributed by atoms with Gasteiger partial charge in [0.25, 0.3) is 5.91 Å². The molecule has 1 amide bonds. The molecule has 13 heteroatoms. The number of alkyl halides is 6. The molecule has 3 rings (SSSR count). The van der Waals surface area contributed by atoms with Gasteiger partial charge in [0.2, 0.25) is 0 Å². The van der Waals surface area contributed by atoms with E-state index >= 15 is 0 Å². The summed E-state index contributed by atoms with van der Waals surface area (Å²) in [5, 5.41) is 5.69. The first-order chi connectivity index (χ1) is 17.7. The molecule has 0 aliphatic carbocycles. The third kappa shape index (κ3) is 7.44. The first-order valence-corrected chi connectivity index (χ1v) is 12.5. The second kappa shape index (κ2) is 11.7. The number of halogens is 6. The van der Waals surface area contributed by atoms with Gasteiger partial charge in [0.1, 0.15) is 21.3 Å². The fourth-order valence-electron chi connectivity index (χ4n) is 3.80. The van der Waals surface area contributed by atoms with Crippen molar-refractivity contribution in [3.05, 3.63) is 64.3 Å². The number of rotatable bonds is 9. The third-order valence-electron chi connectivity index (χ3n) is 5.40. The topological polar surface area (TPSA) is 76.1 Å². The van der Waals surface area contributed by atoms with E-state index in [9.17, 15) is 31.1 Å². The Morgan fingerprint density at radius 1 is 1.08 bits per heavy atom. The molecule has 0 bridgehead atoms. The molecule has 0 saturated heterocycles. The van der Waals surface area contributed by atoms with E-state index in [4.69, 9.17) is 0 Å². The highest BCUT2D eigenvalue weighted by molar-refractivity contribution is 7.17. The van der Waals surface area contributed by atoms with Gasteiger partial charge in [-0.3, -0.25) is 9.78 Å². The van der Waals surface area contributed by atoms with Crippen LogP contribution in [0.1, 0.15) is 72.7 Å². The number of benzene rings is 1. The first kappa shape index (κ1) is 29.4. The lowest BCUT2D eigenvalue weighted by Crippen LogP contribution is -2.28. The maximum absolute atomic E-state index is 13.9. The Morgan fingerprint density at radius 3 is 2.39 bits per heavy atom. The van der Waals surface area contributed by atoms with Gasteiger partial charge in [-0.1, -0.05) is 39.0 Å². The van der Waals surface area contributed by atoms with Gasteiger partial charge in [-0.15, -0.1) is 24.5 Å². The van der Waals surface area contributed by atoms with Crippen molar-refractivity contribution in [1.29, 1.82) is 0 Å². The minimum absolute atomic E-state index is 0.0738. The van der Waals surface area contributed by atoms with Gasteiger partial charge in [0.05, 0.1) is 6.04 Å². The molecular weight excluding hydrogens is 534 g/mol. The number of aromatic nitrogens is 2. The highest BCUT2D eigenvalue weighted by atomic mass is 32.1. The molecule has 0 aliphatic heterocycles. The number of hydrogen-bond donors (Lipinski definition) is 2. The lowest BCUT2D eigenvalue weighted by molar-refractivity contribution is -0.274. The predicted molar refractivity (Wildman–Crippen MR) is 131 cm³/mol. The van der Waals surface area contributed by atoms with Gasteiger partial charge >= 0.3 is 12.5 Å². The van der Waals surface area contributed by atoms with Crippen molar-refractivity contribution >= 4 is 17.2 Å². The van der Waals surface area contributed by atoms with Crippen molar-refractivity contribution < 1.29 is 35.9 Å². The molecule has 6 nitrogen and oxygen atoms in total. The van der Waals surface area contributed by atoms with E-state index in [0.29, 0.717) is 23.3 Å². The molecule has 0 saturated carbocycles. The average Bonchev–Trinajstić information content (AvgIpc) is 3.28. The van der Waals surface area contributed by atoms with E-state index in [1.165, 1.54) is 25.3 Å². The molecule has 38 heavy (non-hydrogen) atoms. The molecule has 2 atom stereocenters. The molecule has 0 fully saturated rings. The molecule has 0 aliphatic rings.